The van der Waals surface area contributed by atoms with Crippen molar-refractivity contribution < 1.29 is 8.42 Å². The van der Waals surface area contributed by atoms with Crippen molar-refractivity contribution in [2.24, 2.45) is 0 Å². The van der Waals surface area contributed by atoms with Gasteiger partial charge in [-0.25, -0.2) is 13.1 Å². The monoisotopic (exact) mass is 451 g/mol. The molecule has 0 spiro atoms. The molecule has 1 heterocycles. The SMILES string of the molecule is Cc1nn(-c2cccc(Cl)c2)c(Cl)c1/C=C(\C#N)S(=O)(=O)c1ccc(Cl)cc1. The van der Waals surface area contributed by atoms with Gasteiger partial charge in [-0.05, 0) is 55.5 Å². The van der Waals surface area contributed by atoms with Crippen LogP contribution in [0.3, 0.4) is 0 Å². The molecule has 0 unspecified atom stereocenters. The van der Waals surface area contributed by atoms with Crippen molar-refractivity contribution in [2.45, 2.75) is 11.8 Å². The summed E-state index contributed by atoms with van der Waals surface area (Å²) in [7, 11) is -4.04. The molecule has 1 aromatic heterocycles. The Kier molecular flexibility index (Phi) is 5.82. The molecule has 0 amide bonds. The molecule has 0 aliphatic carbocycles. The van der Waals surface area contributed by atoms with Gasteiger partial charge in [-0.3, -0.25) is 0 Å². The Hall–Kier alpha value is -2.30. The lowest BCUT2D eigenvalue weighted by molar-refractivity contribution is 0.603. The number of aromatic nitrogens is 2. The second-order valence-electron chi connectivity index (χ2n) is 5.76. The second kappa shape index (κ2) is 7.98. The molecule has 142 valence electrons. The van der Waals surface area contributed by atoms with Crippen LogP contribution in [-0.4, -0.2) is 18.2 Å². The summed E-state index contributed by atoms with van der Waals surface area (Å²) in [6.45, 7) is 1.67. The molecule has 5 nitrogen and oxygen atoms in total. The van der Waals surface area contributed by atoms with Gasteiger partial charge in [0.1, 0.15) is 16.1 Å². The minimum Gasteiger partial charge on any atom is -0.221 e. The number of halogens is 3. The first kappa shape index (κ1) is 20.4. The van der Waals surface area contributed by atoms with E-state index >= 15 is 0 Å². The third-order valence-electron chi connectivity index (χ3n) is 3.90. The largest absolute Gasteiger partial charge is 0.221 e. The van der Waals surface area contributed by atoms with Crippen LogP contribution in [0.1, 0.15) is 11.3 Å². The van der Waals surface area contributed by atoms with Crippen molar-refractivity contribution in [1.82, 2.24) is 9.78 Å². The van der Waals surface area contributed by atoms with Crippen LogP contribution in [0.15, 0.2) is 58.3 Å². The Morgan fingerprint density at radius 1 is 1.11 bits per heavy atom. The van der Waals surface area contributed by atoms with E-state index in [9.17, 15) is 13.7 Å². The molecule has 0 N–H and O–H groups in total. The molecule has 9 heteroatoms. The average molecular weight is 453 g/mol. The van der Waals surface area contributed by atoms with Crippen molar-refractivity contribution >= 4 is 50.7 Å². The molecule has 0 radical (unpaired) electrons. The predicted molar refractivity (Wildman–Crippen MR) is 111 cm³/mol. The van der Waals surface area contributed by atoms with Gasteiger partial charge in [0.25, 0.3) is 0 Å². The summed E-state index contributed by atoms with van der Waals surface area (Å²) in [6, 6.07) is 14.2. The first-order valence-electron chi connectivity index (χ1n) is 7.87. The van der Waals surface area contributed by atoms with Gasteiger partial charge in [-0.1, -0.05) is 40.9 Å². The number of aryl methyl sites for hydroxylation is 1. The van der Waals surface area contributed by atoms with Crippen LogP contribution in [-0.2, 0) is 9.84 Å². The van der Waals surface area contributed by atoms with Crippen molar-refractivity contribution in [2.75, 3.05) is 0 Å². The number of nitriles is 1. The number of sulfone groups is 1. The van der Waals surface area contributed by atoms with Crippen LogP contribution in [0.4, 0.5) is 0 Å². The molecule has 0 fully saturated rings. The maximum Gasteiger partial charge on any atom is 0.216 e. The lowest BCUT2D eigenvalue weighted by Crippen LogP contribution is -2.03. The first-order valence-corrected chi connectivity index (χ1v) is 10.5. The number of rotatable bonds is 4. The van der Waals surface area contributed by atoms with Crippen LogP contribution < -0.4 is 0 Å². The molecule has 3 rings (SSSR count). The van der Waals surface area contributed by atoms with Gasteiger partial charge in [0.15, 0.2) is 0 Å². The van der Waals surface area contributed by atoms with Crippen LogP contribution in [0.5, 0.6) is 0 Å². The molecule has 3 aromatic rings. The third-order valence-corrected chi connectivity index (χ3v) is 6.43. The molecule has 2 aromatic carbocycles. The summed E-state index contributed by atoms with van der Waals surface area (Å²) in [5.74, 6) is 0. The quantitative estimate of drug-likeness (QED) is 0.491. The molecule has 0 saturated carbocycles. The molecule has 0 aliphatic heterocycles. The van der Waals surface area contributed by atoms with Crippen molar-refractivity contribution in [3.8, 4) is 11.8 Å². The van der Waals surface area contributed by atoms with E-state index in [1.54, 1.807) is 37.3 Å². The zero-order chi connectivity index (χ0) is 20.5. The highest BCUT2D eigenvalue weighted by atomic mass is 35.5. The number of benzene rings is 2. The molecular weight excluding hydrogens is 441 g/mol. The lowest BCUT2D eigenvalue weighted by atomic mass is 10.2. The van der Waals surface area contributed by atoms with Gasteiger partial charge in [0, 0.05) is 15.6 Å². The summed E-state index contributed by atoms with van der Waals surface area (Å²) in [6.07, 6.45) is 1.22. The van der Waals surface area contributed by atoms with E-state index in [2.05, 4.69) is 5.10 Å². The molecule has 0 saturated heterocycles. The summed E-state index contributed by atoms with van der Waals surface area (Å²) < 4.78 is 27.0. The lowest BCUT2D eigenvalue weighted by Gasteiger charge is -2.04. The molecule has 0 bridgehead atoms. The summed E-state index contributed by atoms with van der Waals surface area (Å²) in [5.41, 5.74) is 1.40. The highest BCUT2D eigenvalue weighted by molar-refractivity contribution is 7.95. The topological polar surface area (TPSA) is 75.8 Å². The van der Waals surface area contributed by atoms with E-state index in [1.807, 2.05) is 0 Å². The van der Waals surface area contributed by atoms with Crippen molar-refractivity contribution in [3.05, 3.63) is 79.9 Å². The van der Waals surface area contributed by atoms with E-state index in [-0.39, 0.29) is 10.0 Å². The first-order chi connectivity index (χ1) is 13.2. The number of hydrogen-bond donors (Lipinski definition) is 0. The zero-order valence-corrected chi connectivity index (χ0v) is 17.5. The fraction of sp³-hybridized carbons (Fsp3) is 0.0526. The van der Waals surface area contributed by atoms with Gasteiger partial charge in [0.2, 0.25) is 9.84 Å². The van der Waals surface area contributed by atoms with Crippen molar-refractivity contribution in [1.29, 1.82) is 5.26 Å². The summed E-state index contributed by atoms with van der Waals surface area (Å²) >= 11 is 18.2. The van der Waals surface area contributed by atoms with Crippen LogP contribution >= 0.6 is 34.8 Å². The van der Waals surface area contributed by atoms with Crippen molar-refractivity contribution in [3.63, 3.8) is 0 Å². The van der Waals surface area contributed by atoms with Gasteiger partial charge in [-0.2, -0.15) is 10.4 Å². The third kappa shape index (κ3) is 3.94. The minimum atomic E-state index is -4.04. The van der Waals surface area contributed by atoms with Crippen LogP contribution in [0, 0.1) is 18.3 Å². The summed E-state index contributed by atoms with van der Waals surface area (Å²) in [4.78, 5) is -0.494. The van der Waals surface area contributed by atoms with Gasteiger partial charge in [-0.15, -0.1) is 0 Å². The molecule has 0 aliphatic rings. The van der Waals surface area contributed by atoms with Gasteiger partial charge < -0.3 is 0 Å². The van der Waals surface area contributed by atoms with Gasteiger partial charge >= 0.3 is 0 Å². The van der Waals surface area contributed by atoms with Crippen LogP contribution in [0.2, 0.25) is 15.2 Å². The number of nitrogens with zero attached hydrogens (tertiary/aromatic N) is 3. The Labute approximate surface area is 177 Å². The molecule has 28 heavy (non-hydrogen) atoms. The minimum absolute atomic E-state index is 0.0410. The number of hydrogen-bond acceptors (Lipinski definition) is 4. The fourth-order valence-electron chi connectivity index (χ4n) is 2.50. The maximum absolute atomic E-state index is 12.8. The fourth-order valence-corrected chi connectivity index (χ4v) is 4.27. The summed E-state index contributed by atoms with van der Waals surface area (Å²) in [5, 5.41) is 14.9. The zero-order valence-electron chi connectivity index (χ0n) is 14.4. The van der Waals surface area contributed by atoms with E-state index in [4.69, 9.17) is 34.8 Å². The van der Waals surface area contributed by atoms with E-state index in [1.165, 1.54) is 35.0 Å². The Balaban J connectivity index is 2.11. The number of allylic oxidation sites excluding steroid dienone is 1. The smallest absolute Gasteiger partial charge is 0.216 e. The highest BCUT2D eigenvalue weighted by Crippen LogP contribution is 2.29. The molecule has 0 atom stereocenters. The Morgan fingerprint density at radius 2 is 1.79 bits per heavy atom. The maximum atomic E-state index is 12.8. The standard InChI is InChI=1S/C19H12Cl3N3O2S/c1-12-18(19(22)25(24-12)15-4-2-3-14(21)9-15)10-17(11-23)28(26,27)16-7-5-13(20)6-8-16/h2-10H,1H3/b17-10+. The predicted octanol–water partition coefficient (Wildman–Crippen LogP) is 5.48. The highest BCUT2D eigenvalue weighted by Gasteiger charge is 2.23. The van der Waals surface area contributed by atoms with Crippen LogP contribution in [0.25, 0.3) is 11.8 Å². The normalized spacial score (nSPS) is 12.0. The second-order valence-corrected chi connectivity index (χ2v) is 8.91. The van der Waals surface area contributed by atoms with Gasteiger partial charge in [0.05, 0.1) is 16.3 Å². The Bertz CT molecular complexity index is 1220. The van der Waals surface area contributed by atoms with E-state index in [0.29, 0.717) is 27.0 Å². The Morgan fingerprint density at radius 3 is 2.39 bits per heavy atom. The average Bonchev–Trinajstić information content (AvgIpc) is 2.94. The molecular formula is C19H12Cl3N3O2S. The van der Waals surface area contributed by atoms with E-state index < -0.39 is 14.7 Å². The van der Waals surface area contributed by atoms with E-state index in [0.717, 1.165) is 0 Å².